The summed E-state index contributed by atoms with van der Waals surface area (Å²) in [5, 5.41) is 0. The first-order chi connectivity index (χ1) is 14.9. The molecule has 6 heteroatoms. The number of ether oxygens (including phenoxy) is 1. The number of aromatic nitrogens is 2. The lowest BCUT2D eigenvalue weighted by atomic mass is 10.1. The third-order valence-electron chi connectivity index (χ3n) is 4.85. The second-order valence-electron chi connectivity index (χ2n) is 10.5. The van der Waals surface area contributed by atoms with Gasteiger partial charge >= 0.3 is 6.09 Å². The molecule has 0 radical (unpaired) electrons. The molecule has 0 unspecified atom stereocenters. The van der Waals surface area contributed by atoms with Crippen LogP contribution in [-0.4, -0.2) is 41.2 Å². The number of nitrogens with zero attached hydrogens (tertiary/aromatic N) is 2. The summed E-state index contributed by atoms with van der Waals surface area (Å²) in [5.41, 5.74) is 5.43. The van der Waals surface area contributed by atoms with E-state index >= 15 is 0 Å². The van der Waals surface area contributed by atoms with Gasteiger partial charge in [-0.2, -0.15) is 0 Å². The van der Waals surface area contributed by atoms with Gasteiger partial charge in [-0.1, -0.05) is 38.4 Å². The number of nitrogens with one attached hydrogen (secondary N) is 1. The van der Waals surface area contributed by atoms with Gasteiger partial charge in [-0.3, -0.25) is 4.90 Å². The van der Waals surface area contributed by atoms with Crippen LogP contribution in [0, 0.1) is 29.2 Å². The lowest BCUT2D eigenvalue weighted by Gasteiger charge is -2.27. The monoisotopic (exact) mass is 447 g/mol. The van der Waals surface area contributed by atoms with Crippen molar-refractivity contribution in [1.29, 1.82) is 0 Å². The molecule has 1 saturated heterocycles. The number of carbonyl (C=O) groups is 1. The Hall–Kier alpha value is -2.96. The number of benzene rings is 1. The van der Waals surface area contributed by atoms with Gasteiger partial charge < -0.3 is 9.72 Å². The number of imidazole rings is 1. The highest BCUT2D eigenvalue weighted by atomic mass is 28.3. The summed E-state index contributed by atoms with van der Waals surface area (Å²) < 4.78 is 5.59. The largest absolute Gasteiger partial charge is 0.444 e. The fourth-order valence-electron chi connectivity index (χ4n) is 3.43. The van der Waals surface area contributed by atoms with Crippen molar-refractivity contribution in [2.75, 3.05) is 6.54 Å². The molecule has 0 saturated carbocycles. The summed E-state index contributed by atoms with van der Waals surface area (Å²) in [6, 6.07) is 7.85. The van der Waals surface area contributed by atoms with Crippen LogP contribution in [-0.2, 0) is 4.74 Å². The Bertz CT molecular complexity index is 1080. The highest BCUT2D eigenvalue weighted by Gasteiger charge is 2.38. The number of amides is 1. The quantitative estimate of drug-likeness (QED) is 0.473. The molecule has 0 spiro atoms. The van der Waals surface area contributed by atoms with Crippen molar-refractivity contribution < 1.29 is 9.53 Å². The molecule has 32 heavy (non-hydrogen) atoms. The van der Waals surface area contributed by atoms with Crippen LogP contribution in [0.4, 0.5) is 4.79 Å². The molecule has 2 atom stereocenters. The van der Waals surface area contributed by atoms with Crippen LogP contribution in [0.15, 0.2) is 30.5 Å². The van der Waals surface area contributed by atoms with E-state index in [4.69, 9.17) is 4.74 Å². The zero-order chi connectivity index (χ0) is 23.5. The zero-order valence-corrected chi connectivity index (χ0v) is 21.2. The Kier molecular flexibility index (Phi) is 6.86. The highest BCUT2D eigenvalue weighted by Crippen LogP contribution is 2.34. The topological polar surface area (TPSA) is 58.2 Å². The minimum Gasteiger partial charge on any atom is -0.444 e. The van der Waals surface area contributed by atoms with Gasteiger partial charge in [0.25, 0.3) is 0 Å². The fraction of sp³-hybridized carbons (Fsp3) is 0.462. The van der Waals surface area contributed by atoms with Gasteiger partial charge in [-0.05, 0) is 63.3 Å². The summed E-state index contributed by atoms with van der Waals surface area (Å²) in [6.45, 7) is 15.1. The first-order valence-electron chi connectivity index (χ1n) is 11.1. The third kappa shape index (κ3) is 6.77. The van der Waals surface area contributed by atoms with Gasteiger partial charge in [0, 0.05) is 23.9 Å². The fourth-order valence-corrected chi connectivity index (χ4v) is 3.95. The van der Waals surface area contributed by atoms with Crippen LogP contribution < -0.4 is 0 Å². The second kappa shape index (κ2) is 9.26. The SMILES string of the molecule is C[C@H]1C[C@@H](c2nc(C#Cc3ccc(C#C[Si](C)(C)C)cc3)c[nH]2)N(C(=O)OC(C)(C)C)C1. The Labute approximate surface area is 193 Å². The molecule has 2 heterocycles. The minimum atomic E-state index is -1.38. The van der Waals surface area contributed by atoms with E-state index < -0.39 is 13.7 Å². The number of hydrogen-bond donors (Lipinski definition) is 1. The minimum absolute atomic E-state index is 0.125. The van der Waals surface area contributed by atoms with E-state index in [-0.39, 0.29) is 12.1 Å². The number of rotatable bonds is 1. The lowest BCUT2D eigenvalue weighted by Crippen LogP contribution is -2.37. The van der Waals surface area contributed by atoms with Crippen molar-refractivity contribution in [3.05, 3.63) is 53.1 Å². The van der Waals surface area contributed by atoms with E-state index in [1.165, 1.54) is 0 Å². The Balaban J connectivity index is 1.71. The van der Waals surface area contributed by atoms with Crippen LogP contribution in [0.5, 0.6) is 0 Å². The van der Waals surface area contributed by atoms with Gasteiger partial charge in [0.2, 0.25) is 0 Å². The summed E-state index contributed by atoms with van der Waals surface area (Å²) in [7, 11) is -1.38. The number of aromatic amines is 1. The van der Waals surface area contributed by atoms with E-state index in [9.17, 15) is 4.79 Å². The maximum atomic E-state index is 12.7. The maximum absolute atomic E-state index is 12.7. The van der Waals surface area contributed by atoms with Gasteiger partial charge in [-0.15, -0.1) is 5.54 Å². The summed E-state index contributed by atoms with van der Waals surface area (Å²) in [6.07, 6.45) is 2.35. The smallest absolute Gasteiger partial charge is 0.410 e. The molecule has 1 N–H and O–H groups in total. The predicted molar refractivity (Wildman–Crippen MR) is 131 cm³/mol. The van der Waals surface area contributed by atoms with Crippen LogP contribution in [0.2, 0.25) is 19.6 Å². The third-order valence-corrected chi connectivity index (χ3v) is 5.73. The van der Waals surface area contributed by atoms with E-state index in [2.05, 4.69) is 59.8 Å². The summed E-state index contributed by atoms with van der Waals surface area (Å²) in [5.74, 6) is 10.7. The predicted octanol–water partition coefficient (Wildman–Crippen LogP) is 5.36. The molecule has 0 aliphatic carbocycles. The molecule has 5 nitrogen and oxygen atoms in total. The van der Waals surface area contributed by atoms with Crippen LogP contribution in [0.25, 0.3) is 0 Å². The van der Waals surface area contributed by atoms with Gasteiger partial charge in [0.05, 0.1) is 6.04 Å². The zero-order valence-electron chi connectivity index (χ0n) is 20.2. The molecular weight excluding hydrogens is 414 g/mol. The van der Waals surface area contributed by atoms with Crippen molar-refractivity contribution in [2.45, 2.75) is 65.4 Å². The summed E-state index contributed by atoms with van der Waals surface area (Å²) >= 11 is 0. The van der Waals surface area contributed by atoms with Crippen molar-refractivity contribution in [1.82, 2.24) is 14.9 Å². The van der Waals surface area contributed by atoms with Gasteiger partial charge in [-0.25, -0.2) is 9.78 Å². The Morgan fingerprint density at radius 2 is 1.75 bits per heavy atom. The molecule has 1 fully saturated rings. The second-order valence-corrected chi connectivity index (χ2v) is 15.2. The number of carbonyl (C=O) groups excluding carboxylic acids is 1. The van der Waals surface area contributed by atoms with E-state index in [1.807, 2.05) is 45.0 Å². The number of hydrogen-bond acceptors (Lipinski definition) is 3. The molecule has 1 aliphatic heterocycles. The average Bonchev–Trinajstić information content (AvgIpc) is 3.30. The maximum Gasteiger partial charge on any atom is 0.410 e. The van der Waals surface area contributed by atoms with Crippen molar-refractivity contribution >= 4 is 14.2 Å². The van der Waals surface area contributed by atoms with Crippen molar-refractivity contribution in [2.24, 2.45) is 5.92 Å². The van der Waals surface area contributed by atoms with E-state index in [0.717, 1.165) is 23.4 Å². The Morgan fingerprint density at radius 3 is 2.34 bits per heavy atom. The molecule has 2 aromatic rings. The molecule has 0 bridgehead atoms. The van der Waals surface area contributed by atoms with E-state index in [0.29, 0.717) is 18.2 Å². The molecule has 1 amide bonds. The van der Waals surface area contributed by atoms with Crippen molar-refractivity contribution in [3.63, 3.8) is 0 Å². The highest BCUT2D eigenvalue weighted by molar-refractivity contribution is 6.83. The molecule has 1 aromatic carbocycles. The molecule has 3 rings (SSSR count). The molecule has 1 aliphatic rings. The first-order valence-corrected chi connectivity index (χ1v) is 14.6. The number of likely N-dealkylation sites (tertiary alicyclic amines) is 1. The Morgan fingerprint density at radius 1 is 1.12 bits per heavy atom. The van der Waals surface area contributed by atoms with Crippen molar-refractivity contribution in [3.8, 4) is 23.3 Å². The van der Waals surface area contributed by atoms with E-state index in [1.54, 1.807) is 11.1 Å². The van der Waals surface area contributed by atoms with Crippen LogP contribution in [0.3, 0.4) is 0 Å². The van der Waals surface area contributed by atoms with Crippen LogP contribution >= 0.6 is 0 Å². The van der Waals surface area contributed by atoms with Gasteiger partial charge in [0.1, 0.15) is 25.2 Å². The molecular formula is C26H33N3O2Si. The first kappa shape index (κ1) is 23.7. The molecule has 168 valence electrons. The lowest BCUT2D eigenvalue weighted by molar-refractivity contribution is 0.0214. The average molecular weight is 448 g/mol. The normalized spacial score (nSPS) is 18.4. The molecule has 1 aromatic heterocycles. The summed E-state index contributed by atoms with van der Waals surface area (Å²) in [4.78, 5) is 22.3. The number of H-pyrrole nitrogens is 1. The van der Waals surface area contributed by atoms with Crippen LogP contribution in [0.1, 0.15) is 62.8 Å². The standard InChI is InChI=1S/C26H33N3O2Si/c1-19-16-23(29(18-19)25(30)31-26(2,3)4)24-27-17-22(28-24)13-12-20-8-10-21(11-9-20)14-15-32(5,6)7/h8-11,17,19,23H,16,18H2,1-7H3,(H,27,28)/t19-,23-/m0/s1. The van der Waals surface area contributed by atoms with Gasteiger partial charge in [0.15, 0.2) is 0 Å².